The van der Waals surface area contributed by atoms with Gasteiger partial charge in [-0.2, -0.15) is 0 Å². The van der Waals surface area contributed by atoms with Crippen molar-refractivity contribution in [1.82, 2.24) is 4.98 Å². The summed E-state index contributed by atoms with van der Waals surface area (Å²) in [7, 11) is 0. The van der Waals surface area contributed by atoms with E-state index in [0.29, 0.717) is 0 Å². The van der Waals surface area contributed by atoms with Crippen LogP contribution >= 0.6 is 0 Å². The van der Waals surface area contributed by atoms with Gasteiger partial charge in [-0.25, -0.2) is 4.98 Å². The first kappa shape index (κ1) is 16.5. The van der Waals surface area contributed by atoms with Crippen LogP contribution in [0.25, 0.3) is 0 Å². The molecule has 22 heavy (non-hydrogen) atoms. The molecule has 0 aliphatic rings. The Morgan fingerprint density at radius 3 is 2.18 bits per heavy atom. The lowest BCUT2D eigenvalue weighted by molar-refractivity contribution is 0.219. The van der Waals surface area contributed by atoms with Crippen molar-refractivity contribution in [2.75, 3.05) is 18.0 Å². The van der Waals surface area contributed by atoms with Gasteiger partial charge in [0.25, 0.3) is 0 Å². The molecule has 1 aromatic carbocycles. The van der Waals surface area contributed by atoms with Crippen molar-refractivity contribution in [3.05, 3.63) is 59.3 Å². The van der Waals surface area contributed by atoms with Crippen molar-refractivity contribution in [2.24, 2.45) is 0 Å². The fourth-order valence-corrected chi connectivity index (χ4v) is 2.72. The van der Waals surface area contributed by atoms with Gasteiger partial charge in [0.15, 0.2) is 0 Å². The molecule has 1 heterocycles. The van der Waals surface area contributed by atoms with Crippen LogP contribution in [0.5, 0.6) is 0 Å². The van der Waals surface area contributed by atoms with Gasteiger partial charge in [0.2, 0.25) is 0 Å². The normalized spacial score (nSPS) is 12.2. The maximum Gasteiger partial charge on any atom is 0.128 e. The van der Waals surface area contributed by atoms with E-state index in [1.54, 1.807) is 0 Å². The average Bonchev–Trinajstić information content (AvgIpc) is 2.55. The van der Waals surface area contributed by atoms with Crippen LogP contribution in [0.2, 0.25) is 0 Å². The number of pyridine rings is 1. The molecule has 1 aromatic heterocycles. The largest absolute Gasteiger partial charge is 0.384 e. The van der Waals surface area contributed by atoms with Crippen LogP contribution < -0.4 is 4.90 Å². The predicted molar refractivity (Wildman–Crippen MR) is 92.3 cm³/mol. The van der Waals surface area contributed by atoms with Gasteiger partial charge in [0, 0.05) is 24.3 Å². The molecule has 1 atom stereocenters. The predicted octanol–water partition coefficient (Wildman–Crippen LogP) is 4.10. The number of rotatable bonds is 7. The summed E-state index contributed by atoms with van der Waals surface area (Å²) in [4.78, 5) is 7.03. The third kappa shape index (κ3) is 3.86. The van der Waals surface area contributed by atoms with Gasteiger partial charge in [-0.15, -0.1) is 0 Å². The Bertz CT molecular complexity index is 577. The first-order valence-corrected chi connectivity index (χ1v) is 8.12. The molecule has 1 N–H and O–H groups in total. The minimum Gasteiger partial charge on any atom is -0.384 e. The number of nitrogens with zero attached hydrogens (tertiary/aromatic N) is 2. The highest BCUT2D eigenvalue weighted by Gasteiger charge is 2.15. The van der Waals surface area contributed by atoms with Crippen LogP contribution in [-0.4, -0.2) is 23.2 Å². The molecule has 0 bridgehead atoms. The van der Waals surface area contributed by atoms with Gasteiger partial charge in [-0.1, -0.05) is 50.2 Å². The Kier molecular flexibility index (Phi) is 5.96. The van der Waals surface area contributed by atoms with Crippen molar-refractivity contribution in [1.29, 1.82) is 0 Å². The Morgan fingerprint density at radius 1 is 1.00 bits per heavy atom. The van der Waals surface area contributed by atoms with E-state index >= 15 is 0 Å². The minimum absolute atomic E-state index is 0.617. The zero-order valence-corrected chi connectivity index (χ0v) is 13.8. The van der Waals surface area contributed by atoms with E-state index in [1.807, 2.05) is 49.4 Å². The highest BCUT2D eigenvalue weighted by atomic mass is 16.3. The van der Waals surface area contributed by atoms with E-state index in [2.05, 4.69) is 18.7 Å². The summed E-state index contributed by atoms with van der Waals surface area (Å²) >= 11 is 0. The smallest absolute Gasteiger partial charge is 0.128 e. The number of hydrogen-bond donors (Lipinski definition) is 1. The molecule has 0 amide bonds. The molecule has 0 fully saturated rings. The summed E-state index contributed by atoms with van der Waals surface area (Å²) in [6, 6.07) is 13.8. The Balaban J connectivity index is 2.25. The van der Waals surface area contributed by atoms with E-state index in [9.17, 15) is 5.11 Å². The maximum absolute atomic E-state index is 10.6. The number of aliphatic hydroxyl groups is 1. The summed E-state index contributed by atoms with van der Waals surface area (Å²) in [5.74, 6) is 1.00. The summed E-state index contributed by atoms with van der Waals surface area (Å²) in [6.07, 6.45) is 1.60. The van der Waals surface area contributed by atoms with Gasteiger partial charge >= 0.3 is 0 Å². The fourth-order valence-electron chi connectivity index (χ4n) is 2.72. The van der Waals surface area contributed by atoms with Gasteiger partial charge < -0.3 is 10.0 Å². The third-order valence-corrected chi connectivity index (χ3v) is 3.83. The van der Waals surface area contributed by atoms with Crippen LogP contribution in [0.15, 0.2) is 42.5 Å². The van der Waals surface area contributed by atoms with E-state index in [0.717, 1.165) is 48.6 Å². The Labute approximate surface area is 133 Å². The topological polar surface area (TPSA) is 36.4 Å². The average molecular weight is 298 g/mol. The molecular formula is C19H26N2O. The van der Waals surface area contributed by atoms with E-state index in [-0.39, 0.29) is 0 Å². The van der Waals surface area contributed by atoms with Gasteiger partial charge in [-0.3, -0.25) is 0 Å². The third-order valence-electron chi connectivity index (χ3n) is 3.83. The van der Waals surface area contributed by atoms with Crippen LogP contribution in [0.4, 0.5) is 5.82 Å². The molecule has 3 heteroatoms. The number of benzene rings is 1. The van der Waals surface area contributed by atoms with Crippen molar-refractivity contribution in [2.45, 2.75) is 39.7 Å². The molecule has 0 aliphatic heterocycles. The molecule has 2 aromatic rings. The fraction of sp³-hybridized carbons (Fsp3) is 0.421. The van der Waals surface area contributed by atoms with E-state index in [4.69, 9.17) is 4.98 Å². The highest BCUT2D eigenvalue weighted by Crippen LogP contribution is 2.25. The van der Waals surface area contributed by atoms with Gasteiger partial charge in [-0.05, 0) is 31.4 Å². The minimum atomic E-state index is -0.617. The highest BCUT2D eigenvalue weighted by molar-refractivity contribution is 5.43. The Morgan fingerprint density at radius 2 is 1.64 bits per heavy atom. The lowest BCUT2D eigenvalue weighted by atomic mass is 10.0. The molecule has 0 aliphatic carbocycles. The van der Waals surface area contributed by atoms with Crippen molar-refractivity contribution < 1.29 is 5.11 Å². The second-order valence-electron chi connectivity index (χ2n) is 5.64. The lowest BCUT2D eigenvalue weighted by Gasteiger charge is -2.24. The molecule has 2 rings (SSSR count). The molecule has 0 radical (unpaired) electrons. The monoisotopic (exact) mass is 298 g/mol. The number of anilines is 1. The van der Waals surface area contributed by atoms with Crippen LogP contribution in [0, 0.1) is 6.92 Å². The van der Waals surface area contributed by atoms with Crippen LogP contribution in [-0.2, 0) is 0 Å². The van der Waals surface area contributed by atoms with E-state index < -0.39 is 6.10 Å². The molecule has 0 unspecified atom stereocenters. The standard InChI is InChI=1S/C19H26N2O/c1-4-13-21(14-5-2)18-12-11-17(15(3)20-18)19(22)16-9-7-6-8-10-16/h6-12,19,22H,4-5,13-14H2,1-3H3/t19-/m0/s1. The quantitative estimate of drug-likeness (QED) is 0.836. The molecule has 0 spiro atoms. The first-order valence-electron chi connectivity index (χ1n) is 8.12. The first-order chi connectivity index (χ1) is 10.7. The summed E-state index contributed by atoms with van der Waals surface area (Å²) in [6.45, 7) is 8.37. The number of hydrogen-bond acceptors (Lipinski definition) is 3. The molecule has 118 valence electrons. The van der Waals surface area contributed by atoms with Crippen LogP contribution in [0.1, 0.15) is 49.6 Å². The lowest BCUT2D eigenvalue weighted by Crippen LogP contribution is -2.26. The summed E-state index contributed by atoms with van der Waals surface area (Å²) in [5, 5.41) is 10.6. The zero-order valence-electron chi connectivity index (χ0n) is 13.8. The second-order valence-corrected chi connectivity index (χ2v) is 5.64. The Hall–Kier alpha value is -1.87. The van der Waals surface area contributed by atoms with Crippen LogP contribution in [0.3, 0.4) is 0 Å². The molecular weight excluding hydrogens is 272 g/mol. The maximum atomic E-state index is 10.6. The zero-order chi connectivity index (χ0) is 15.9. The molecule has 0 saturated carbocycles. The van der Waals surface area contributed by atoms with E-state index in [1.165, 1.54) is 0 Å². The van der Waals surface area contributed by atoms with Gasteiger partial charge in [0.05, 0.1) is 0 Å². The SMILES string of the molecule is CCCN(CCC)c1ccc([C@@H](O)c2ccccc2)c(C)n1. The van der Waals surface area contributed by atoms with Crippen molar-refractivity contribution in [3.8, 4) is 0 Å². The second kappa shape index (κ2) is 7.95. The molecule has 3 nitrogen and oxygen atoms in total. The number of aliphatic hydroxyl groups excluding tert-OH is 1. The summed E-state index contributed by atoms with van der Waals surface area (Å²) < 4.78 is 0. The summed E-state index contributed by atoms with van der Waals surface area (Å²) in [5.41, 5.74) is 2.67. The van der Waals surface area contributed by atoms with Gasteiger partial charge in [0.1, 0.15) is 11.9 Å². The molecule has 0 saturated heterocycles. The number of aryl methyl sites for hydroxylation is 1. The van der Waals surface area contributed by atoms with Crippen molar-refractivity contribution in [3.63, 3.8) is 0 Å². The van der Waals surface area contributed by atoms with Crippen molar-refractivity contribution >= 4 is 5.82 Å². The number of aromatic nitrogens is 1.